The summed E-state index contributed by atoms with van der Waals surface area (Å²) in [5, 5.41) is 10.3. The van der Waals surface area contributed by atoms with E-state index in [9.17, 15) is 5.11 Å². The van der Waals surface area contributed by atoms with Gasteiger partial charge in [-0.3, -0.25) is 0 Å². The van der Waals surface area contributed by atoms with E-state index in [0.717, 1.165) is 12.3 Å². The van der Waals surface area contributed by atoms with Crippen molar-refractivity contribution in [1.82, 2.24) is 0 Å². The molecule has 2 heteroatoms. The molecular weight excluding hydrogens is 236 g/mol. The monoisotopic (exact) mass is 266 g/mol. The van der Waals surface area contributed by atoms with Gasteiger partial charge in [0.2, 0.25) is 0 Å². The van der Waals surface area contributed by atoms with Crippen LogP contribution in [-0.4, -0.2) is 23.4 Å². The fourth-order valence-corrected chi connectivity index (χ4v) is 4.56. The topological polar surface area (TPSA) is 29.5 Å². The van der Waals surface area contributed by atoms with Crippen molar-refractivity contribution in [2.45, 2.75) is 95.9 Å². The van der Waals surface area contributed by atoms with Crippen LogP contribution in [-0.2, 0) is 4.74 Å². The van der Waals surface area contributed by atoms with E-state index in [0.29, 0.717) is 12.2 Å². The molecule has 0 saturated heterocycles. The molecule has 2 nitrogen and oxygen atoms in total. The first kappa shape index (κ1) is 13.9. The summed E-state index contributed by atoms with van der Waals surface area (Å²) in [6.45, 7) is 2.36. The van der Waals surface area contributed by atoms with Crippen LogP contribution in [0.5, 0.6) is 0 Å². The van der Waals surface area contributed by atoms with Crippen molar-refractivity contribution in [2.75, 3.05) is 0 Å². The van der Waals surface area contributed by atoms with Crippen LogP contribution in [0.3, 0.4) is 0 Å². The summed E-state index contributed by atoms with van der Waals surface area (Å²) >= 11 is 0. The standard InChI is InChI=1S/C17H30O2/c1-13-6-8-14(9-7-13)19-16-12-15(18)17(16)10-4-2-3-5-11-17/h13-16,18H,2-12H2,1H3. The van der Waals surface area contributed by atoms with Crippen LogP contribution in [0.2, 0.25) is 0 Å². The zero-order valence-electron chi connectivity index (χ0n) is 12.4. The minimum absolute atomic E-state index is 0.0851. The summed E-state index contributed by atoms with van der Waals surface area (Å²) in [5.41, 5.74) is 0.138. The highest BCUT2D eigenvalue weighted by atomic mass is 16.5. The van der Waals surface area contributed by atoms with Gasteiger partial charge in [0.05, 0.1) is 18.3 Å². The van der Waals surface area contributed by atoms with Crippen molar-refractivity contribution in [3.05, 3.63) is 0 Å². The number of hydrogen-bond donors (Lipinski definition) is 1. The Balaban J connectivity index is 1.58. The summed E-state index contributed by atoms with van der Waals surface area (Å²) in [7, 11) is 0. The van der Waals surface area contributed by atoms with Gasteiger partial charge in [0.15, 0.2) is 0 Å². The van der Waals surface area contributed by atoms with E-state index < -0.39 is 0 Å². The number of aliphatic hydroxyl groups is 1. The maximum absolute atomic E-state index is 10.3. The van der Waals surface area contributed by atoms with E-state index in [1.165, 1.54) is 64.2 Å². The SMILES string of the molecule is CC1CCC(OC2CC(O)C23CCCCCC3)CC1. The predicted molar refractivity (Wildman–Crippen MR) is 77.1 cm³/mol. The second kappa shape index (κ2) is 5.73. The van der Waals surface area contributed by atoms with E-state index in [4.69, 9.17) is 4.74 Å². The Hall–Kier alpha value is -0.0800. The fraction of sp³-hybridized carbons (Fsp3) is 1.00. The molecule has 0 bridgehead atoms. The third kappa shape index (κ3) is 2.71. The first-order chi connectivity index (χ1) is 9.21. The molecule has 0 amide bonds. The molecule has 1 N–H and O–H groups in total. The maximum atomic E-state index is 10.3. The smallest absolute Gasteiger partial charge is 0.0684 e. The van der Waals surface area contributed by atoms with Crippen molar-refractivity contribution >= 4 is 0 Å². The van der Waals surface area contributed by atoms with Gasteiger partial charge >= 0.3 is 0 Å². The summed E-state index contributed by atoms with van der Waals surface area (Å²) in [4.78, 5) is 0. The molecule has 0 aromatic carbocycles. The minimum Gasteiger partial charge on any atom is -0.392 e. The fourth-order valence-electron chi connectivity index (χ4n) is 4.56. The van der Waals surface area contributed by atoms with Gasteiger partial charge < -0.3 is 9.84 Å². The third-order valence-corrected chi connectivity index (χ3v) is 6.10. The number of aliphatic hydroxyl groups excluding tert-OH is 1. The largest absolute Gasteiger partial charge is 0.392 e. The third-order valence-electron chi connectivity index (χ3n) is 6.10. The molecule has 19 heavy (non-hydrogen) atoms. The number of rotatable bonds is 2. The molecule has 2 unspecified atom stereocenters. The van der Waals surface area contributed by atoms with Gasteiger partial charge in [-0.05, 0) is 44.4 Å². The van der Waals surface area contributed by atoms with Gasteiger partial charge in [-0.1, -0.05) is 32.6 Å². The molecule has 3 fully saturated rings. The van der Waals surface area contributed by atoms with Crippen molar-refractivity contribution in [3.8, 4) is 0 Å². The molecule has 3 aliphatic carbocycles. The summed E-state index contributed by atoms with van der Waals surface area (Å²) in [5.74, 6) is 0.888. The van der Waals surface area contributed by atoms with Crippen LogP contribution in [0.25, 0.3) is 0 Å². The average Bonchev–Trinajstić information content (AvgIpc) is 2.68. The van der Waals surface area contributed by atoms with Crippen LogP contribution in [0.4, 0.5) is 0 Å². The first-order valence-electron chi connectivity index (χ1n) is 8.54. The molecule has 0 aromatic heterocycles. The van der Waals surface area contributed by atoms with Crippen LogP contribution >= 0.6 is 0 Å². The zero-order valence-corrected chi connectivity index (χ0v) is 12.4. The second-order valence-corrected chi connectivity index (χ2v) is 7.41. The van der Waals surface area contributed by atoms with Gasteiger partial charge in [0.25, 0.3) is 0 Å². The van der Waals surface area contributed by atoms with Gasteiger partial charge in [-0.15, -0.1) is 0 Å². The van der Waals surface area contributed by atoms with Crippen molar-refractivity contribution in [1.29, 1.82) is 0 Å². The number of ether oxygens (including phenoxy) is 1. The molecule has 0 radical (unpaired) electrons. The normalized spacial score (nSPS) is 42.6. The van der Waals surface area contributed by atoms with E-state index in [1.807, 2.05) is 0 Å². The Bertz CT molecular complexity index is 286. The molecular formula is C17H30O2. The van der Waals surface area contributed by atoms with Crippen LogP contribution < -0.4 is 0 Å². The number of hydrogen-bond acceptors (Lipinski definition) is 2. The molecule has 0 aliphatic heterocycles. The highest BCUT2D eigenvalue weighted by Crippen LogP contribution is 2.53. The van der Waals surface area contributed by atoms with Crippen molar-refractivity contribution in [3.63, 3.8) is 0 Å². The molecule has 2 atom stereocenters. The predicted octanol–water partition coefficient (Wildman–Crippen LogP) is 4.06. The van der Waals surface area contributed by atoms with Gasteiger partial charge in [-0.25, -0.2) is 0 Å². The molecule has 110 valence electrons. The lowest BCUT2D eigenvalue weighted by Gasteiger charge is -2.54. The summed E-state index contributed by atoms with van der Waals surface area (Å²) in [6.07, 6.45) is 14.5. The van der Waals surface area contributed by atoms with Crippen molar-refractivity contribution < 1.29 is 9.84 Å². The highest BCUT2D eigenvalue weighted by Gasteiger charge is 2.55. The van der Waals surface area contributed by atoms with Gasteiger partial charge in [-0.2, -0.15) is 0 Å². The Labute approximate surface area is 117 Å². The zero-order chi connectivity index (χ0) is 13.3. The van der Waals surface area contributed by atoms with E-state index in [1.54, 1.807) is 0 Å². The molecule has 3 rings (SSSR count). The second-order valence-electron chi connectivity index (χ2n) is 7.41. The van der Waals surface area contributed by atoms with Crippen LogP contribution in [0.1, 0.15) is 77.6 Å². The maximum Gasteiger partial charge on any atom is 0.0684 e. The molecule has 3 aliphatic rings. The Morgan fingerprint density at radius 1 is 0.947 bits per heavy atom. The lowest BCUT2D eigenvalue weighted by molar-refractivity contribution is -0.220. The van der Waals surface area contributed by atoms with Gasteiger partial charge in [0, 0.05) is 11.8 Å². The van der Waals surface area contributed by atoms with E-state index in [2.05, 4.69) is 6.92 Å². The van der Waals surface area contributed by atoms with Crippen molar-refractivity contribution in [2.24, 2.45) is 11.3 Å². The molecule has 0 aromatic rings. The van der Waals surface area contributed by atoms with E-state index in [-0.39, 0.29) is 11.5 Å². The van der Waals surface area contributed by atoms with Gasteiger partial charge in [0.1, 0.15) is 0 Å². The molecule has 1 spiro atoms. The lowest BCUT2D eigenvalue weighted by atomic mass is 9.59. The lowest BCUT2D eigenvalue weighted by Crippen LogP contribution is -2.59. The Kier molecular flexibility index (Phi) is 4.19. The summed E-state index contributed by atoms with van der Waals surface area (Å²) < 4.78 is 6.43. The minimum atomic E-state index is -0.0851. The van der Waals surface area contributed by atoms with E-state index >= 15 is 0 Å². The highest BCUT2D eigenvalue weighted by molar-refractivity contribution is 5.05. The molecule has 3 saturated carbocycles. The van der Waals surface area contributed by atoms with Crippen LogP contribution in [0, 0.1) is 11.3 Å². The Morgan fingerprint density at radius 2 is 1.58 bits per heavy atom. The Morgan fingerprint density at radius 3 is 2.16 bits per heavy atom. The quantitative estimate of drug-likeness (QED) is 0.817. The molecule has 0 heterocycles. The average molecular weight is 266 g/mol. The first-order valence-corrected chi connectivity index (χ1v) is 8.54. The van der Waals surface area contributed by atoms with Crippen LogP contribution in [0.15, 0.2) is 0 Å². The summed E-state index contributed by atoms with van der Waals surface area (Å²) in [6, 6.07) is 0.